The summed E-state index contributed by atoms with van der Waals surface area (Å²) < 4.78 is 0. The Labute approximate surface area is 121 Å². The Hall–Kier alpha value is -1.28. The minimum atomic E-state index is 0.517. The molecule has 1 fully saturated rings. The Morgan fingerprint density at radius 2 is 1.95 bits per heavy atom. The Kier molecular flexibility index (Phi) is 4.11. The maximum Gasteiger partial charge on any atom is 0.0457 e. The molecule has 20 heavy (non-hydrogen) atoms. The van der Waals surface area contributed by atoms with Gasteiger partial charge in [0.05, 0.1) is 0 Å². The van der Waals surface area contributed by atoms with Crippen LogP contribution in [0.1, 0.15) is 55.6 Å². The zero-order valence-corrected chi connectivity index (χ0v) is 12.5. The molecule has 3 N–H and O–H groups in total. The molecular formula is C18H26N2. The van der Waals surface area contributed by atoms with Crippen LogP contribution in [0, 0.1) is 12.8 Å². The summed E-state index contributed by atoms with van der Waals surface area (Å²) >= 11 is 0. The molecule has 1 aliphatic carbocycles. The summed E-state index contributed by atoms with van der Waals surface area (Å²) in [5, 5.41) is 1.38. The molecular weight excluding hydrogens is 244 g/mol. The average Bonchev–Trinajstić information content (AvgIpc) is 2.69. The Bertz CT molecular complexity index is 562. The summed E-state index contributed by atoms with van der Waals surface area (Å²) in [6, 6.07) is 6.67. The van der Waals surface area contributed by atoms with Gasteiger partial charge in [0.15, 0.2) is 0 Å². The lowest BCUT2D eigenvalue weighted by atomic mass is 9.81. The largest absolute Gasteiger partial charge is 0.361 e. The van der Waals surface area contributed by atoms with Gasteiger partial charge in [-0.1, -0.05) is 37.3 Å². The third-order valence-corrected chi connectivity index (χ3v) is 4.99. The zero-order valence-electron chi connectivity index (χ0n) is 12.5. The van der Waals surface area contributed by atoms with Crippen molar-refractivity contribution in [1.29, 1.82) is 0 Å². The number of aryl methyl sites for hydroxylation is 1. The van der Waals surface area contributed by atoms with Crippen molar-refractivity contribution in [2.45, 2.75) is 51.4 Å². The van der Waals surface area contributed by atoms with Crippen molar-refractivity contribution in [3.05, 3.63) is 35.5 Å². The number of aromatic amines is 1. The minimum Gasteiger partial charge on any atom is -0.361 e. The molecule has 1 aromatic heterocycles. The lowest BCUT2D eigenvalue weighted by Gasteiger charge is -2.24. The zero-order chi connectivity index (χ0) is 13.9. The number of fused-ring (bicyclic) bond motifs is 1. The molecule has 1 saturated carbocycles. The van der Waals surface area contributed by atoms with E-state index in [0.29, 0.717) is 5.92 Å². The number of nitrogens with one attached hydrogen (secondary N) is 1. The number of nitrogens with two attached hydrogens (primary N) is 1. The second-order valence-corrected chi connectivity index (χ2v) is 6.39. The molecule has 2 aromatic rings. The summed E-state index contributed by atoms with van der Waals surface area (Å²) in [5.41, 5.74) is 10.2. The minimum absolute atomic E-state index is 0.517. The fourth-order valence-corrected chi connectivity index (χ4v) is 3.85. The quantitative estimate of drug-likeness (QED) is 0.793. The van der Waals surface area contributed by atoms with Gasteiger partial charge < -0.3 is 10.7 Å². The first-order valence-corrected chi connectivity index (χ1v) is 8.07. The summed E-state index contributed by atoms with van der Waals surface area (Å²) in [7, 11) is 0. The number of aromatic nitrogens is 1. The first-order valence-electron chi connectivity index (χ1n) is 8.07. The van der Waals surface area contributed by atoms with E-state index in [9.17, 15) is 0 Å². The van der Waals surface area contributed by atoms with Crippen LogP contribution in [0.15, 0.2) is 24.4 Å². The van der Waals surface area contributed by atoms with E-state index in [1.54, 1.807) is 0 Å². The fourth-order valence-electron chi connectivity index (χ4n) is 3.85. The van der Waals surface area contributed by atoms with Crippen LogP contribution < -0.4 is 5.73 Å². The molecule has 2 nitrogen and oxygen atoms in total. The van der Waals surface area contributed by atoms with Gasteiger partial charge in [-0.3, -0.25) is 0 Å². The van der Waals surface area contributed by atoms with Crippen LogP contribution >= 0.6 is 0 Å². The molecule has 0 saturated heterocycles. The van der Waals surface area contributed by atoms with Gasteiger partial charge in [-0.05, 0) is 49.9 Å². The van der Waals surface area contributed by atoms with E-state index >= 15 is 0 Å². The predicted molar refractivity (Wildman–Crippen MR) is 86.0 cm³/mol. The second kappa shape index (κ2) is 6.01. The first-order chi connectivity index (χ1) is 9.79. The molecule has 2 heteroatoms. The number of benzene rings is 1. The van der Waals surface area contributed by atoms with E-state index in [0.717, 1.165) is 12.5 Å². The van der Waals surface area contributed by atoms with Crippen LogP contribution in [-0.4, -0.2) is 11.5 Å². The standard InChI is InChI=1S/C18H26N2/c1-13-8-9-18-15(10-13)17(12-20-18)16(11-19)14-6-4-2-3-5-7-14/h8-10,12,14,16,20H,2-7,11,19H2,1H3. The molecule has 3 rings (SSSR count). The van der Waals surface area contributed by atoms with Crippen molar-refractivity contribution in [3.8, 4) is 0 Å². The van der Waals surface area contributed by atoms with E-state index in [4.69, 9.17) is 5.73 Å². The second-order valence-electron chi connectivity index (χ2n) is 6.39. The molecule has 1 heterocycles. The summed E-state index contributed by atoms with van der Waals surface area (Å²) in [6.45, 7) is 2.94. The lowest BCUT2D eigenvalue weighted by molar-refractivity contribution is 0.382. The molecule has 0 amide bonds. The van der Waals surface area contributed by atoms with Gasteiger partial charge in [0.2, 0.25) is 0 Å². The van der Waals surface area contributed by atoms with Crippen molar-refractivity contribution in [2.75, 3.05) is 6.54 Å². The van der Waals surface area contributed by atoms with Crippen LogP contribution in [0.5, 0.6) is 0 Å². The highest BCUT2D eigenvalue weighted by Gasteiger charge is 2.25. The fraction of sp³-hybridized carbons (Fsp3) is 0.556. The third-order valence-electron chi connectivity index (χ3n) is 4.99. The SMILES string of the molecule is Cc1ccc2[nH]cc(C(CN)C3CCCCCC3)c2c1. The highest BCUT2D eigenvalue weighted by molar-refractivity contribution is 5.84. The van der Waals surface area contributed by atoms with Gasteiger partial charge in [0, 0.05) is 23.0 Å². The monoisotopic (exact) mass is 270 g/mol. The van der Waals surface area contributed by atoms with Gasteiger partial charge in [-0.15, -0.1) is 0 Å². The van der Waals surface area contributed by atoms with E-state index in [-0.39, 0.29) is 0 Å². The number of H-pyrrole nitrogens is 1. The number of hydrogen-bond acceptors (Lipinski definition) is 1. The molecule has 1 aromatic carbocycles. The first kappa shape index (κ1) is 13.7. The van der Waals surface area contributed by atoms with Gasteiger partial charge in [0.1, 0.15) is 0 Å². The number of hydrogen-bond donors (Lipinski definition) is 2. The third kappa shape index (κ3) is 2.62. The smallest absolute Gasteiger partial charge is 0.0457 e. The number of rotatable bonds is 3. The highest BCUT2D eigenvalue weighted by Crippen LogP contribution is 2.37. The van der Waals surface area contributed by atoms with Gasteiger partial charge in [0.25, 0.3) is 0 Å². The van der Waals surface area contributed by atoms with Gasteiger partial charge in [-0.2, -0.15) is 0 Å². The van der Waals surface area contributed by atoms with Crippen LogP contribution in [-0.2, 0) is 0 Å². The van der Waals surface area contributed by atoms with E-state index in [2.05, 4.69) is 36.3 Å². The van der Waals surface area contributed by atoms with Crippen molar-refractivity contribution >= 4 is 10.9 Å². The average molecular weight is 270 g/mol. The van der Waals surface area contributed by atoms with E-state index in [1.165, 1.54) is 60.6 Å². The Morgan fingerprint density at radius 3 is 2.65 bits per heavy atom. The van der Waals surface area contributed by atoms with Crippen molar-refractivity contribution in [2.24, 2.45) is 11.7 Å². The van der Waals surface area contributed by atoms with Crippen molar-refractivity contribution in [1.82, 2.24) is 4.98 Å². The molecule has 0 aliphatic heterocycles. The topological polar surface area (TPSA) is 41.8 Å². The Balaban J connectivity index is 1.95. The molecule has 1 aliphatic rings. The van der Waals surface area contributed by atoms with Crippen molar-refractivity contribution < 1.29 is 0 Å². The summed E-state index contributed by atoms with van der Waals surface area (Å²) in [6.07, 6.45) is 10.5. The maximum absolute atomic E-state index is 6.16. The molecule has 108 valence electrons. The highest BCUT2D eigenvalue weighted by atomic mass is 14.7. The van der Waals surface area contributed by atoms with E-state index in [1.807, 2.05) is 0 Å². The molecule has 0 spiro atoms. The lowest BCUT2D eigenvalue weighted by Crippen LogP contribution is -2.21. The van der Waals surface area contributed by atoms with Gasteiger partial charge >= 0.3 is 0 Å². The van der Waals surface area contributed by atoms with Crippen molar-refractivity contribution in [3.63, 3.8) is 0 Å². The summed E-state index contributed by atoms with van der Waals surface area (Å²) in [4.78, 5) is 3.43. The van der Waals surface area contributed by atoms with Gasteiger partial charge in [-0.25, -0.2) is 0 Å². The molecule has 1 unspecified atom stereocenters. The van der Waals surface area contributed by atoms with Crippen LogP contribution in [0.4, 0.5) is 0 Å². The Morgan fingerprint density at radius 1 is 1.20 bits per heavy atom. The molecule has 0 bridgehead atoms. The maximum atomic E-state index is 6.16. The molecule has 0 radical (unpaired) electrons. The van der Waals surface area contributed by atoms with Crippen LogP contribution in [0.2, 0.25) is 0 Å². The van der Waals surface area contributed by atoms with Crippen LogP contribution in [0.3, 0.4) is 0 Å². The predicted octanol–water partition coefficient (Wildman–Crippen LogP) is 4.49. The molecule has 1 atom stereocenters. The van der Waals surface area contributed by atoms with Crippen LogP contribution in [0.25, 0.3) is 10.9 Å². The van der Waals surface area contributed by atoms with E-state index < -0.39 is 0 Å². The summed E-state index contributed by atoms with van der Waals surface area (Å²) in [5.74, 6) is 1.28. The normalized spacial score (nSPS) is 19.1.